The van der Waals surface area contributed by atoms with Crippen LogP contribution in [-0.2, 0) is 20.0 Å². The molecule has 0 atom stereocenters. The van der Waals surface area contributed by atoms with Gasteiger partial charge in [-0.15, -0.1) is 0 Å². The maximum atomic E-state index is 12.2. The zero-order chi connectivity index (χ0) is 18.0. The third-order valence-corrected chi connectivity index (χ3v) is 6.69. The van der Waals surface area contributed by atoms with E-state index in [-0.39, 0.29) is 16.8 Å². The van der Waals surface area contributed by atoms with Gasteiger partial charge in [-0.05, 0) is 44.2 Å². The standard InChI is InChI=1S/C14H21N3O5S2/c1-15-24(21,22)13-5-3-11(4-6-13)14(18)16-12-7-9-17(10-8-12)23(2,19)20/h3-6,12,15H,7-10H2,1-2H3,(H,16,18). The maximum Gasteiger partial charge on any atom is 0.251 e. The molecule has 0 bridgehead atoms. The van der Waals surface area contributed by atoms with Gasteiger partial charge in [-0.1, -0.05) is 0 Å². The van der Waals surface area contributed by atoms with Crippen LogP contribution < -0.4 is 10.0 Å². The Morgan fingerprint density at radius 1 is 1.08 bits per heavy atom. The number of amides is 1. The molecule has 0 aromatic heterocycles. The summed E-state index contributed by atoms with van der Waals surface area (Å²) in [6, 6.07) is 5.53. The van der Waals surface area contributed by atoms with E-state index in [0.717, 1.165) is 0 Å². The molecule has 1 amide bonds. The van der Waals surface area contributed by atoms with Gasteiger partial charge in [-0.25, -0.2) is 25.9 Å². The van der Waals surface area contributed by atoms with Gasteiger partial charge >= 0.3 is 0 Å². The Hall–Kier alpha value is -1.49. The van der Waals surface area contributed by atoms with Crippen molar-refractivity contribution in [2.75, 3.05) is 26.4 Å². The molecule has 0 unspecified atom stereocenters. The topological polar surface area (TPSA) is 113 Å². The molecule has 0 aliphatic carbocycles. The predicted octanol–water partition coefficient (Wildman–Crippen LogP) is -0.251. The van der Waals surface area contributed by atoms with Crippen LogP contribution in [0, 0.1) is 0 Å². The average Bonchev–Trinajstić information content (AvgIpc) is 2.54. The third-order valence-electron chi connectivity index (χ3n) is 3.95. The Balaban J connectivity index is 1.96. The summed E-state index contributed by atoms with van der Waals surface area (Å²) < 4.78 is 49.8. The Morgan fingerprint density at radius 3 is 2.08 bits per heavy atom. The molecule has 1 aliphatic rings. The fourth-order valence-corrected chi connectivity index (χ4v) is 4.11. The van der Waals surface area contributed by atoms with Crippen LogP contribution in [0.25, 0.3) is 0 Å². The van der Waals surface area contributed by atoms with Gasteiger partial charge in [-0.2, -0.15) is 0 Å². The monoisotopic (exact) mass is 375 g/mol. The number of carbonyl (C=O) groups excluding carboxylic acids is 1. The first-order chi connectivity index (χ1) is 11.1. The number of nitrogens with zero attached hydrogens (tertiary/aromatic N) is 1. The van der Waals surface area contributed by atoms with E-state index >= 15 is 0 Å². The van der Waals surface area contributed by atoms with Crippen LogP contribution in [0.15, 0.2) is 29.2 Å². The SMILES string of the molecule is CNS(=O)(=O)c1ccc(C(=O)NC2CCN(S(C)(=O)=O)CC2)cc1. The lowest BCUT2D eigenvalue weighted by atomic mass is 10.1. The molecular weight excluding hydrogens is 354 g/mol. The van der Waals surface area contributed by atoms with E-state index in [9.17, 15) is 21.6 Å². The highest BCUT2D eigenvalue weighted by atomic mass is 32.2. The van der Waals surface area contributed by atoms with Crippen molar-refractivity contribution < 1.29 is 21.6 Å². The molecule has 134 valence electrons. The lowest BCUT2D eigenvalue weighted by molar-refractivity contribution is 0.0924. The number of rotatable bonds is 5. The Kier molecular flexibility index (Phi) is 5.63. The summed E-state index contributed by atoms with van der Waals surface area (Å²) >= 11 is 0. The normalized spacial score (nSPS) is 17.6. The van der Waals surface area contributed by atoms with E-state index in [1.165, 1.54) is 41.9 Å². The first-order valence-electron chi connectivity index (χ1n) is 7.43. The summed E-state index contributed by atoms with van der Waals surface area (Å²) in [4.78, 5) is 12.3. The van der Waals surface area contributed by atoms with Gasteiger partial charge < -0.3 is 5.32 Å². The molecule has 1 heterocycles. The van der Waals surface area contributed by atoms with E-state index in [1.54, 1.807) is 0 Å². The summed E-state index contributed by atoms with van der Waals surface area (Å²) in [6.45, 7) is 0.756. The number of piperidine rings is 1. The van der Waals surface area contributed by atoms with E-state index in [2.05, 4.69) is 10.0 Å². The molecule has 24 heavy (non-hydrogen) atoms. The van der Waals surface area contributed by atoms with Crippen molar-refractivity contribution in [1.82, 2.24) is 14.3 Å². The van der Waals surface area contributed by atoms with Crippen LogP contribution in [0.1, 0.15) is 23.2 Å². The number of nitrogens with one attached hydrogen (secondary N) is 2. The number of sulfonamides is 2. The van der Waals surface area contributed by atoms with Crippen LogP contribution >= 0.6 is 0 Å². The zero-order valence-electron chi connectivity index (χ0n) is 13.5. The summed E-state index contributed by atoms with van der Waals surface area (Å²) in [7, 11) is -5.41. The van der Waals surface area contributed by atoms with Gasteiger partial charge in [0.2, 0.25) is 20.0 Å². The second kappa shape index (κ2) is 7.18. The van der Waals surface area contributed by atoms with Gasteiger partial charge in [-0.3, -0.25) is 4.79 Å². The molecule has 1 aromatic carbocycles. The lowest BCUT2D eigenvalue weighted by Gasteiger charge is -2.30. The van der Waals surface area contributed by atoms with Crippen molar-refractivity contribution in [2.24, 2.45) is 0 Å². The van der Waals surface area contributed by atoms with E-state index in [4.69, 9.17) is 0 Å². The van der Waals surface area contributed by atoms with Crippen LogP contribution in [-0.4, -0.2) is 59.5 Å². The molecule has 0 spiro atoms. The molecular formula is C14H21N3O5S2. The van der Waals surface area contributed by atoms with Gasteiger partial charge in [0.1, 0.15) is 0 Å². The molecule has 1 saturated heterocycles. The highest BCUT2D eigenvalue weighted by Crippen LogP contribution is 2.15. The molecule has 1 fully saturated rings. The molecule has 0 radical (unpaired) electrons. The maximum absolute atomic E-state index is 12.2. The van der Waals surface area contributed by atoms with Gasteiger partial charge in [0.15, 0.2) is 0 Å². The molecule has 8 nitrogen and oxygen atoms in total. The van der Waals surface area contributed by atoms with Crippen molar-refractivity contribution in [3.8, 4) is 0 Å². The minimum Gasteiger partial charge on any atom is -0.349 e. The summed E-state index contributed by atoms with van der Waals surface area (Å²) in [5.41, 5.74) is 0.357. The first kappa shape index (κ1) is 18.8. The third kappa shape index (κ3) is 4.53. The molecule has 0 saturated carbocycles. The number of benzene rings is 1. The average molecular weight is 375 g/mol. The Morgan fingerprint density at radius 2 is 1.62 bits per heavy atom. The second-order valence-corrected chi connectivity index (χ2v) is 9.51. The Labute approximate surface area is 142 Å². The van der Waals surface area contributed by atoms with Gasteiger partial charge in [0.05, 0.1) is 11.2 Å². The number of hydrogen-bond acceptors (Lipinski definition) is 5. The minimum atomic E-state index is -3.53. The molecule has 1 aromatic rings. The van der Waals surface area contributed by atoms with E-state index < -0.39 is 20.0 Å². The predicted molar refractivity (Wildman–Crippen MR) is 89.6 cm³/mol. The minimum absolute atomic E-state index is 0.0861. The number of carbonyl (C=O) groups is 1. The first-order valence-corrected chi connectivity index (χ1v) is 10.8. The van der Waals surface area contributed by atoms with Crippen molar-refractivity contribution in [1.29, 1.82) is 0 Å². The summed E-state index contributed by atoms with van der Waals surface area (Å²) in [5, 5.41) is 2.85. The fourth-order valence-electron chi connectivity index (χ4n) is 2.50. The van der Waals surface area contributed by atoms with Crippen molar-refractivity contribution >= 4 is 26.0 Å². The summed E-state index contributed by atoms with van der Waals surface area (Å²) in [6.07, 6.45) is 2.27. The van der Waals surface area contributed by atoms with E-state index in [1.807, 2.05) is 0 Å². The van der Waals surface area contributed by atoms with Crippen molar-refractivity contribution in [2.45, 2.75) is 23.8 Å². The molecule has 2 N–H and O–H groups in total. The van der Waals surface area contributed by atoms with Gasteiger partial charge in [0.25, 0.3) is 5.91 Å². The fraction of sp³-hybridized carbons (Fsp3) is 0.500. The Bertz CT molecular complexity index is 795. The van der Waals surface area contributed by atoms with E-state index in [0.29, 0.717) is 31.5 Å². The second-order valence-electron chi connectivity index (χ2n) is 5.64. The molecule has 2 rings (SSSR count). The quantitative estimate of drug-likeness (QED) is 0.737. The van der Waals surface area contributed by atoms with Crippen molar-refractivity contribution in [3.63, 3.8) is 0 Å². The van der Waals surface area contributed by atoms with Crippen LogP contribution in [0.5, 0.6) is 0 Å². The van der Waals surface area contributed by atoms with Gasteiger partial charge in [0, 0.05) is 24.7 Å². The highest BCUT2D eigenvalue weighted by molar-refractivity contribution is 7.89. The van der Waals surface area contributed by atoms with Crippen LogP contribution in [0.4, 0.5) is 0 Å². The largest absolute Gasteiger partial charge is 0.349 e. The van der Waals surface area contributed by atoms with Crippen LogP contribution in [0.3, 0.4) is 0 Å². The van der Waals surface area contributed by atoms with Crippen molar-refractivity contribution in [3.05, 3.63) is 29.8 Å². The molecule has 10 heteroatoms. The molecule has 1 aliphatic heterocycles. The van der Waals surface area contributed by atoms with Crippen LogP contribution in [0.2, 0.25) is 0 Å². The highest BCUT2D eigenvalue weighted by Gasteiger charge is 2.26. The smallest absolute Gasteiger partial charge is 0.251 e. The summed E-state index contributed by atoms with van der Waals surface area (Å²) in [5.74, 6) is -0.304. The lowest BCUT2D eigenvalue weighted by Crippen LogP contribution is -2.46. The number of hydrogen-bond donors (Lipinski definition) is 2. The zero-order valence-corrected chi connectivity index (χ0v) is 15.2.